The average molecular weight is 540 g/mol. The van der Waals surface area contributed by atoms with E-state index in [0.29, 0.717) is 0 Å². The fourth-order valence-electron chi connectivity index (χ4n) is 6.37. The molecular weight excluding hydrogens is 496 g/mol. The second-order valence-electron chi connectivity index (χ2n) is 11.5. The number of methoxy groups -OCH3 is 1. The molecule has 0 spiro atoms. The lowest BCUT2D eigenvalue weighted by Crippen LogP contribution is -2.36. The van der Waals surface area contributed by atoms with E-state index in [1.165, 1.54) is 7.11 Å². The van der Waals surface area contributed by atoms with Gasteiger partial charge in [-0.05, 0) is 78.1 Å². The topological polar surface area (TPSA) is 49.9 Å². The molecule has 5 nitrogen and oxygen atoms in total. The molecule has 3 aromatic rings. The molecule has 3 aromatic carbocycles. The van der Waals surface area contributed by atoms with Crippen LogP contribution in [-0.4, -0.2) is 33.1 Å². The van der Waals surface area contributed by atoms with Crippen molar-refractivity contribution in [2.45, 2.75) is 63.8 Å². The Hall–Kier alpha value is -3.60. The fraction of sp³-hybridized carbons (Fsp3) is 0.429. The van der Waals surface area contributed by atoms with Crippen LogP contribution < -0.4 is 9.80 Å². The Balaban J connectivity index is 1.45. The van der Waals surface area contributed by atoms with E-state index >= 15 is 0 Å². The third-order valence-corrected chi connectivity index (χ3v) is 8.69. The van der Waals surface area contributed by atoms with Crippen molar-refractivity contribution >= 4 is 23.3 Å². The summed E-state index contributed by atoms with van der Waals surface area (Å²) in [4.78, 5) is 30.3. The zero-order valence-electron chi connectivity index (χ0n) is 25.0. The maximum absolute atomic E-state index is 14.1. The van der Waals surface area contributed by atoms with Crippen LogP contribution in [0.4, 0.5) is 11.4 Å². The Kier molecular flexibility index (Phi) is 8.46. The summed E-state index contributed by atoms with van der Waals surface area (Å²) in [7, 11) is 5.51. The molecule has 0 aliphatic heterocycles. The monoisotopic (exact) mass is 539 g/mol. The number of ether oxygens (including phenoxy) is 1. The molecule has 40 heavy (non-hydrogen) atoms. The van der Waals surface area contributed by atoms with Gasteiger partial charge in [-0.3, -0.25) is 9.59 Å². The zero-order valence-corrected chi connectivity index (χ0v) is 24.0. The van der Waals surface area contributed by atoms with Crippen molar-refractivity contribution in [2.75, 3.05) is 31.0 Å². The van der Waals surface area contributed by atoms with E-state index in [2.05, 4.69) is 29.2 Å². The minimum absolute atomic E-state index is 0.0288. The molecule has 2 unspecified atom stereocenters. The molecule has 0 aromatic heterocycles. The number of carbonyl (C=O) groups excluding carboxylic acids is 2. The average Bonchev–Trinajstić information content (AvgIpc) is 3.52. The van der Waals surface area contributed by atoms with Crippen molar-refractivity contribution in [3.05, 3.63) is 83.9 Å². The first-order valence-corrected chi connectivity index (χ1v) is 14.7. The number of nitrogens with zero attached hydrogens (tertiary/aromatic N) is 2. The van der Waals surface area contributed by atoms with Gasteiger partial charge < -0.3 is 14.5 Å². The highest BCUT2D eigenvalue weighted by Crippen LogP contribution is 2.41. The molecule has 3 atom stereocenters. The third-order valence-electron chi connectivity index (χ3n) is 8.69. The predicted molar refractivity (Wildman–Crippen MR) is 163 cm³/mol. The highest BCUT2D eigenvalue weighted by Gasteiger charge is 2.35. The van der Waals surface area contributed by atoms with Gasteiger partial charge >= 0.3 is 5.97 Å². The Morgan fingerprint density at radius 1 is 0.825 bits per heavy atom. The lowest BCUT2D eigenvalue weighted by atomic mass is 9.87. The molecule has 210 valence electrons. The standard InChI is InChI=1S/C35H42N2O3/c1-36(2)30-21-19-27(20-22-30)26-17-15-25(16-18-26)24-37(34(38)28-9-5-4-6-10-28)31-12-7-11-29(23-31)32-13-8-14-33(32)35(39)40-3/h7,11-12,15-23,28,32-33H,4-6,8-10,13-14,24H2,1-3H3/i24D/t24-,32?,33?/m1/s1. The molecule has 2 saturated carbocycles. The quantitative estimate of drug-likeness (QED) is 0.277. The lowest BCUT2D eigenvalue weighted by molar-refractivity contribution is -0.145. The molecule has 0 saturated heterocycles. The summed E-state index contributed by atoms with van der Waals surface area (Å²) in [6.45, 7) is -0.871. The van der Waals surface area contributed by atoms with E-state index in [-0.39, 0.29) is 29.6 Å². The summed E-state index contributed by atoms with van der Waals surface area (Å²) in [5.41, 5.74) is 5.89. The molecule has 2 fully saturated rings. The predicted octanol–water partition coefficient (Wildman–Crippen LogP) is 7.59. The fourth-order valence-corrected chi connectivity index (χ4v) is 6.37. The van der Waals surface area contributed by atoms with Gasteiger partial charge in [0.25, 0.3) is 0 Å². The van der Waals surface area contributed by atoms with Gasteiger partial charge in [-0.15, -0.1) is 0 Å². The SMILES string of the molecule is [2H][C@H](c1ccc(-c2ccc(N(C)C)cc2)cc1)N(C(=O)C1CCCCC1)c1cccc(C2CCCC2C(=O)OC)c1. The minimum atomic E-state index is -0.871. The van der Waals surface area contributed by atoms with Crippen LogP contribution in [0.25, 0.3) is 11.1 Å². The first kappa shape index (κ1) is 26.6. The van der Waals surface area contributed by atoms with Crippen molar-refractivity contribution < 1.29 is 15.7 Å². The number of anilines is 2. The van der Waals surface area contributed by atoms with Crippen LogP contribution in [0.2, 0.25) is 0 Å². The van der Waals surface area contributed by atoms with Gasteiger partial charge in [-0.2, -0.15) is 0 Å². The molecule has 5 rings (SSSR count). The zero-order chi connectivity index (χ0) is 28.9. The molecule has 0 N–H and O–H groups in total. The van der Waals surface area contributed by atoms with Crippen LogP contribution >= 0.6 is 0 Å². The van der Waals surface area contributed by atoms with E-state index in [1.54, 1.807) is 4.90 Å². The van der Waals surface area contributed by atoms with E-state index in [9.17, 15) is 11.0 Å². The van der Waals surface area contributed by atoms with Gasteiger partial charge in [0.1, 0.15) is 0 Å². The largest absolute Gasteiger partial charge is 0.469 e. The van der Waals surface area contributed by atoms with E-state index in [0.717, 1.165) is 85.0 Å². The van der Waals surface area contributed by atoms with Crippen molar-refractivity contribution in [1.29, 1.82) is 0 Å². The van der Waals surface area contributed by atoms with Crippen LogP contribution in [0.5, 0.6) is 0 Å². The maximum Gasteiger partial charge on any atom is 0.309 e. The highest BCUT2D eigenvalue weighted by atomic mass is 16.5. The Morgan fingerprint density at radius 2 is 1.50 bits per heavy atom. The van der Waals surface area contributed by atoms with Crippen molar-refractivity contribution in [3.63, 3.8) is 0 Å². The molecule has 0 bridgehead atoms. The molecule has 2 aliphatic rings. The smallest absolute Gasteiger partial charge is 0.309 e. The Labute approximate surface area is 240 Å². The first-order chi connectivity index (χ1) is 19.9. The van der Waals surface area contributed by atoms with Crippen molar-refractivity contribution in [1.82, 2.24) is 0 Å². The van der Waals surface area contributed by atoms with Crippen LogP contribution in [0.3, 0.4) is 0 Å². The van der Waals surface area contributed by atoms with Crippen LogP contribution in [0.1, 0.15) is 69.8 Å². The van der Waals surface area contributed by atoms with Crippen molar-refractivity contribution in [2.24, 2.45) is 11.8 Å². The minimum Gasteiger partial charge on any atom is -0.469 e. The summed E-state index contributed by atoms with van der Waals surface area (Å²) in [6.07, 6.45) is 7.72. The highest BCUT2D eigenvalue weighted by molar-refractivity contribution is 5.95. The molecule has 1 amide bonds. The summed E-state index contributed by atoms with van der Waals surface area (Å²) < 4.78 is 14.4. The summed E-state index contributed by atoms with van der Waals surface area (Å²) in [5.74, 6) is -0.298. The van der Waals surface area contributed by atoms with Crippen LogP contribution in [0.15, 0.2) is 72.8 Å². The number of benzene rings is 3. The normalized spacial score (nSPS) is 20.4. The van der Waals surface area contributed by atoms with Gasteiger partial charge in [0.2, 0.25) is 5.91 Å². The number of esters is 1. The van der Waals surface area contributed by atoms with Gasteiger partial charge in [0.05, 0.1) is 20.9 Å². The lowest BCUT2D eigenvalue weighted by Gasteiger charge is -2.30. The number of carbonyl (C=O) groups is 2. The summed E-state index contributed by atoms with van der Waals surface area (Å²) in [5, 5.41) is 0. The molecule has 2 aliphatic carbocycles. The van der Waals surface area contributed by atoms with Gasteiger partial charge in [0.15, 0.2) is 0 Å². The van der Waals surface area contributed by atoms with Gasteiger partial charge in [-0.25, -0.2) is 0 Å². The van der Waals surface area contributed by atoms with Gasteiger partial charge in [-0.1, -0.05) is 74.2 Å². The number of rotatable bonds is 8. The maximum atomic E-state index is 14.1. The molecule has 5 heteroatoms. The second-order valence-corrected chi connectivity index (χ2v) is 11.5. The molecule has 0 heterocycles. The number of amides is 1. The van der Waals surface area contributed by atoms with Gasteiger partial charge in [0, 0.05) is 31.4 Å². The number of hydrogen-bond acceptors (Lipinski definition) is 4. The van der Waals surface area contributed by atoms with Crippen LogP contribution in [-0.2, 0) is 20.8 Å². The molecule has 0 radical (unpaired) electrons. The second kappa shape index (κ2) is 12.7. The number of hydrogen-bond donors (Lipinski definition) is 0. The van der Waals surface area contributed by atoms with Crippen molar-refractivity contribution in [3.8, 4) is 11.1 Å². The summed E-state index contributed by atoms with van der Waals surface area (Å²) >= 11 is 0. The van der Waals surface area contributed by atoms with Crippen LogP contribution in [0, 0.1) is 11.8 Å². The van der Waals surface area contributed by atoms with E-state index in [1.807, 2.05) is 62.6 Å². The Morgan fingerprint density at radius 3 is 2.15 bits per heavy atom. The third kappa shape index (κ3) is 6.24. The van der Waals surface area contributed by atoms with E-state index in [4.69, 9.17) is 4.74 Å². The Bertz CT molecular complexity index is 1330. The first-order valence-electron chi connectivity index (χ1n) is 15.3. The summed E-state index contributed by atoms with van der Waals surface area (Å²) in [6, 6.07) is 24.4. The van der Waals surface area contributed by atoms with E-state index < -0.39 is 6.52 Å². The molecular formula is C35H42N2O3.